The fourth-order valence-electron chi connectivity index (χ4n) is 1.19. The highest BCUT2D eigenvalue weighted by Gasteiger charge is 2.04. The Hall–Kier alpha value is -2.96. The lowest BCUT2D eigenvalue weighted by atomic mass is 10.4. The lowest BCUT2D eigenvalue weighted by molar-refractivity contribution is 0.0949. The summed E-state index contributed by atoms with van der Waals surface area (Å²) in [4.78, 5) is 22.3. The molecule has 7 nitrogen and oxygen atoms in total. The van der Waals surface area contributed by atoms with E-state index in [2.05, 4.69) is 20.7 Å². The van der Waals surface area contributed by atoms with Gasteiger partial charge >= 0.3 is 0 Å². The first-order chi connectivity index (χ1) is 9.25. The number of hydrogen-bond donors (Lipinski definition) is 2. The van der Waals surface area contributed by atoms with E-state index in [0.29, 0.717) is 5.76 Å². The van der Waals surface area contributed by atoms with Crippen molar-refractivity contribution in [2.75, 3.05) is 0 Å². The van der Waals surface area contributed by atoms with Gasteiger partial charge in [0.25, 0.3) is 11.5 Å². The van der Waals surface area contributed by atoms with Gasteiger partial charge in [0.2, 0.25) is 0 Å². The number of hydrazone groups is 1. The van der Waals surface area contributed by atoms with Crippen molar-refractivity contribution in [2.45, 2.75) is 0 Å². The summed E-state index contributed by atoms with van der Waals surface area (Å²) in [6.07, 6.45) is 6.25. The van der Waals surface area contributed by atoms with Crippen LogP contribution >= 0.6 is 0 Å². The number of aromatic amines is 1. The molecular weight excluding hydrogens is 248 g/mol. The first-order valence-electron chi connectivity index (χ1n) is 5.35. The van der Waals surface area contributed by atoms with Crippen LogP contribution < -0.4 is 11.0 Å². The average Bonchev–Trinajstić information content (AvgIpc) is 2.92. The molecule has 7 heteroatoms. The molecule has 0 aliphatic rings. The second-order valence-electron chi connectivity index (χ2n) is 3.40. The summed E-state index contributed by atoms with van der Waals surface area (Å²) in [6.45, 7) is 0. The van der Waals surface area contributed by atoms with E-state index in [0.717, 1.165) is 0 Å². The third-order valence-electron chi connectivity index (χ3n) is 2.04. The lowest BCUT2D eigenvalue weighted by Gasteiger charge is -1.95. The van der Waals surface area contributed by atoms with Crippen molar-refractivity contribution in [3.05, 3.63) is 58.4 Å². The molecular formula is C12H10N4O3. The largest absolute Gasteiger partial charge is 0.465 e. The smallest absolute Gasteiger partial charge is 0.291 e. The maximum atomic E-state index is 11.5. The summed E-state index contributed by atoms with van der Waals surface area (Å²) in [6, 6.07) is 6.07. The Bertz CT molecular complexity index is 635. The van der Waals surface area contributed by atoms with Crippen molar-refractivity contribution in [1.82, 2.24) is 15.6 Å². The van der Waals surface area contributed by atoms with Crippen molar-refractivity contribution in [1.29, 1.82) is 0 Å². The maximum Gasteiger partial charge on any atom is 0.291 e. The first kappa shape index (κ1) is 12.5. The van der Waals surface area contributed by atoms with E-state index in [9.17, 15) is 9.59 Å². The molecule has 0 bridgehead atoms. The molecule has 0 fully saturated rings. The number of furan rings is 1. The van der Waals surface area contributed by atoms with Crippen molar-refractivity contribution in [3.8, 4) is 0 Å². The first-order valence-corrected chi connectivity index (χ1v) is 5.35. The minimum Gasteiger partial charge on any atom is -0.465 e. The highest BCUT2D eigenvalue weighted by atomic mass is 16.3. The third-order valence-corrected chi connectivity index (χ3v) is 2.04. The molecule has 2 aromatic heterocycles. The molecule has 0 spiro atoms. The fourth-order valence-corrected chi connectivity index (χ4v) is 1.19. The standard InChI is InChI=1S/C12H10N4O3/c17-11-6-5-10(14-15-11)12(18)16-13-7-1-3-9-4-2-8-19-9/h1-8H,(H,15,17)(H,16,18)/b3-1-,13-7+. The van der Waals surface area contributed by atoms with Crippen LogP contribution in [0.2, 0.25) is 0 Å². The van der Waals surface area contributed by atoms with E-state index in [4.69, 9.17) is 4.42 Å². The number of hydrogen-bond acceptors (Lipinski definition) is 5. The van der Waals surface area contributed by atoms with Crippen molar-refractivity contribution in [2.24, 2.45) is 5.10 Å². The van der Waals surface area contributed by atoms with E-state index in [-0.39, 0.29) is 11.3 Å². The molecule has 2 heterocycles. The number of aromatic nitrogens is 2. The summed E-state index contributed by atoms with van der Waals surface area (Å²) in [7, 11) is 0. The van der Waals surface area contributed by atoms with Gasteiger partial charge in [0.15, 0.2) is 5.69 Å². The second-order valence-corrected chi connectivity index (χ2v) is 3.40. The Morgan fingerprint density at radius 1 is 1.42 bits per heavy atom. The maximum absolute atomic E-state index is 11.5. The average molecular weight is 258 g/mol. The zero-order chi connectivity index (χ0) is 13.5. The molecule has 1 amide bonds. The van der Waals surface area contributed by atoms with Crippen molar-refractivity contribution < 1.29 is 9.21 Å². The predicted molar refractivity (Wildman–Crippen MR) is 68.6 cm³/mol. The van der Waals surface area contributed by atoms with Gasteiger partial charge in [-0.3, -0.25) is 9.59 Å². The second kappa shape index (κ2) is 6.10. The van der Waals surface area contributed by atoms with Gasteiger partial charge in [0, 0.05) is 12.3 Å². The Labute approximate surface area is 107 Å². The Balaban J connectivity index is 1.86. The normalized spacial score (nSPS) is 11.2. The van der Waals surface area contributed by atoms with E-state index in [1.54, 1.807) is 30.5 Å². The number of nitrogens with zero attached hydrogens (tertiary/aromatic N) is 2. The van der Waals surface area contributed by atoms with Crippen LogP contribution in [0.3, 0.4) is 0 Å². The molecule has 0 aliphatic heterocycles. The summed E-state index contributed by atoms with van der Waals surface area (Å²) < 4.78 is 5.06. The Kier molecular flexibility index (Phi) is 4.01. The molecule has 0 aliphatic carbocycles. The molecule has 19 heavy (non-hydrogen) atoms. The van der Waals surface area contributed by atoms with Crippen LogP contribution in [0.1, 0.15) is 16.2 Å². The lowest BCUT2D eigenvalue weighted by Crippen LogP contribution is -2.21. The van der Waals surface area contributed by atoms with E-state index >= 15 is 0 Å². The number of carbonyl (C=O) groups is 1. The number of nitrogens with one attached hydrogen (secondary N) is 2. The molecule has 0 atom stereocenters. The predicted octanol–water partition coefficient (Wildman–Crippen LogP) is 0.792. The molecule has 2 rings (SSSR count). The van der Waals surface area contributed by atoms with Crippen LogP contribution in [-0.2, 0) is 0 Å². The minimum absolute atomic E-state index is 0.0757. The summed E-state index contributed by atoms with van der Waals surface area (Å²) in [5, 5.41) is 9.40. The summed E-state index contributed by atoms with van der Waals surface area (Å²) >= 11 is 0. The van der Waals surface area contributed by atoms with Gasteiger partial charge < -0.3 is 4.42 Å². The van der Waals surface area contributed by atoms with Crippen LogP contribution in [0, 0.1) is 0 Å². The highest BCUT2D eigenvalue weighted by Crippen LogP contribution is 2.00. The molecule has 0 saturated heterocycles. The van der Waals surface area contributed by atoms with Gasteiger partial charge in [-0.2, -0.15) is 10.2 Å². The van der Waals surface area contributed by atoms with Gasteiger partial charge in [0.1, 0.15) is 5.76 Å². The number of H-pyrrole nitrogens is 1. The number of amides is 1. The number of rotatable bonds is 4. The van der Waals surface area contributed by atoms with Crippen molar-refractivity contribution in [3.63, 3.8) is 0 Å². The summed E-state index contributed by atoms with van der Waals surface area (Å²) in [5.74, 6) is 0.166. The van der Waals surface area contributed by atoms with E-state index in [1.807, 2.05) is 0 Å². The molecule has 0 saturated carbocycles. The van der Waals surface area contributed by atoms with E-state index < -0.39 is 5.91 Å². The zero-order valence-electron chi connectivity index (χ0n) is 9.74. The van der Waals surface area contributed by atoms with Crippen LogP contribution in [-0.4, -0.2) is 22.3 Å². The van der Waals surface area contributed by atoms with Gasteiger partial charge in [-0.05, 0) is 30.4 Å². The zero-order valence-corrected chi connectivity index (χ0v) is 9.74. The van der Waals surface area contributed by atoms with Gasteiger partial charge in [-0.1, -0.05) is 0 Å². The van der Waals surface area contributed by atoms with Crippen LogP contribution in [0.4, 0.5) is 0 Å². The Morgan fingerprint density at radius 2 is 2.32 bits per heavy atom. The van der Waals surface area contributed by atoms with Crippen LogP contribution in [0.5, 0.6) is 0 Å². The van der Waals surface area contributed by atoms with Gasteiger partial charge in [-0.25, -0.2) is 10.5 Å². The molecule has 0 radical (unpaired) electrons. The van der Waals surface area contributed by atoms with Crippen LogP contribution in [0.25, 0.3) is 6.08 Å². The third kappa shape index (κ3) is 3.77. The quantitative estimate of drug-likeness (QED) is 0.625. The molecule has 2 aromatic rings. The monoisotopic (exact) mass is 258 g/mol. The number of carbonyl (C=O) groups excluding carboxylic acids is 1. The van der Waals surface area contributed by atoms with Gasteiger partial charge in [0.05, 0.1) is 6.26 Å². The molecule has 0 unspecified atom stereocenters. The molecule has 0 aromatic carbocycles. The van der Waals surface area contributed by atoms with E-state index in [1.165, 1.54) is 18.3 Å². The minimum atomic E-state index is -0.515. The highest BCUT2D eigenvalue weighted by molar-refractivity contribution is 5.92. The fraction of sp³-hybridized carbons (Fsp3) is 0. The van der Waals surface area contributed by atoms with Crippen molar-refractivity contribution >= 4 is 18.2 Å². The SMILES string of the molecule is O=C(N/N=C/C=C\c1ccco1)c1ccc(=O)[nH]n1. The van der Waals surface area contributed by atoms with Gasteiger partial charge in [-0.15, -0.1) is 0 Å². The van der Waals surface area contributed by atoms with Crippen LogP contribution in [0.15, 0.2) is 50.9 Å². The topological polar surface area (TPSA) is 100 Å². The summed E-state index contributed by atoms with van der Waals surface area (Å²) in [5.41, 5.74) is 1.96. The number of allylic oxidation sites excluding steroid dienone is 1. The molecule has 96 valence electrons. The molecule has 2 N–H and O–H groups in total. The Morgan fingerprint density at radius 3 is 3.00 bits per heavy atom.